The van der Waals surface area contributed by atoms with E-state index in [9.17, 15) is 10.1 Å². The summed E-state index contributed by atoms with van der Waals surface area (Å²) in [5, 5.41) is 17.3. The molecule has 6 heteroatoms. The van der Waals surface area contributed by atoms with Crippen LogP contribution in [0.25, 0.3) is 10.9 Å². The lowest BCUT2D eigenvalue weighted by atomic mass is 10.2. The van der Waals surface area contributed by atoms with E-state index >= 15 is 0 Å². The third kappa shape index (κ3) is 1.23. The zero-order chi connectivity index (χ0) is 9.42. The molecule has 0 aliphatic heterocycles. The maximum absolute atomic E-state index is 10.4. The number of nitro benzene ring substituents is 1. The third-order valence-corrected chi connectivity index (χ3v) is 1.88. The van der Waals surface area contributed by atoms with Crippen molar-refractivity contribution in [2.45, 2.75) is 0 Å². The third-order valence-electron chi connectivity index (χ3n) is 1.61. The number of aromatic nitrogens is 2. The fraction of sp³-hybridized carbons (Fsp3) is 0. The highest BCUT2D eigenvalue weighted by molar-refractivity contribution is 6.34. The normalized spacial score (nSPS) is 10.5. The maximum atomic E-state index is 10.4. The van der Waals surface area contributed by atoms with Gasteiger partial charge in [0.05, 0.1) is 21.9 Å². The summed E-state index contributed by atoms with van der Waals surface area (Å²) in [6, 6.07) is 5.44. The quantitative estimate of drug-likeness (QED) is 0.560. The number of H-pyrrole nitrogens is 1. The molecule has 0 saturated heterocycles. The van der Waals surface area contributed by atoms with Gasteiger partial charge in [-0.1, -0.05) is 11.6 Å². The average molecular weight is 197 g/mol. The second kappa shape index (κ2) is 2.70. The van der Waals surface area contributed by atoms with E-state index in [0.29, 0.717) is 10.9 Å². The lowest BCUT2D eigenvalue weighted by molar-refractivity contribution is -0.385. The Kier molecular flexibility index (Phi) is 1.66. The summed E-state index contributed by atoms with van der Waals surface area (Å²) in [6.07, 6.45) is 0. The zero-order valence-electron chi connectivity index (χ0n) is 6.24. The van der Waals surface area contributed by atoms with Crippen LogP contribution in [0.1, 0.15) is 0 Å². The highest BCUT2D eigenvalue weighted by atomic mass is 35.5. The van der Waals surface area contributed by atoms with Crippen molar-refractivity contribution in [3.8, 4) is 0 Å². The van der Waals surface area contributed by atoms with E-state index in [-0.39, 0.29) is 10.8 Å². The van der Waals surface area contributed by atoms with E-state index in [0.717, 1.165) is 0 Å². The molecule has 1 aromatic carbocycles. The van der Waals surface area contributed by atoms with Gasteiger partial charge in [0.15, 0.2) is 5.15 Å². The van der Waals surface area contributed by atoms with Crippen LogP contribution in [-0.2, 0) is 0 Å². The first-order valence-electron chi connectivity index (χ1n) is 3.39. The number of nitrogens with zero attached hydrogens (tertiary/aromatic N) is 2. The first-order chi connectivity index (χ1) is 6.18. The monoisotopic (exact) mass is 196 g/mol. The van der Waals surface area contributed by atoms with Gasteiger partial charge in [0.2, 0.25) is 0 Å². The average Bonchev–Trinajstić information content (AvgIpc) is 2.47. The number of aromatic amines is 1. The van der Waals surface area contributed by atoms with E-state index < -0.39 is 4.92 Å². The number of hydrogen-bond acceptors (Lipinski definition) is 3. The maximum Gasteiger partial charge on any atom is 0.278 e. The topological polar surface area (TPSA) is 71.8 Å². The van der Waals surface area contributed by atoms with Crippen LogP contribution in [0.15, 0.2) is 12.1 Å². The zero-order valence-corrected chi connectivity index (χ0v) is 7.00. The molecule has 1 aromatic heterocycles. The molecule has 0 spiro atoms. The molecule has 13 heavy (non-hydrogen) atoms. The summed E-state index contributed by atoms with van der Waals surface area (Å²) in [5.74, 6) is 0. The highest BCUT2D eigenvalue weighted by Crippen LogP contribution is 2.23. The van der Waals surface area contributed by atoms with Crippen LogP contribution in [0.2, 0.25) is 5.15 Å². The summed E-state index contributed by atoms with van der Waals surface area (Å²) < 4.78 is 0. The SMILES string of the molecule is O=[N+]([O-])c1[c]c2c(Cl)n[nH]c2cc1. The lowest BCUT2D eigenvalue weighted by Gasteiger charge is -1.89. The Morgan fingerprint density at radius 3 is 3.08 bits per heavy atom. The van der Waals surface area contributed by atoms with Gasteiger partial charge in [0, 0.05) is 6.07 Å². The Morgan fingerprint density at radius 1 is 1.62 bits per heavy atom. The minimum Gasteiger partial charge on any atom is -0.276 e. The van der Waals surface area contributed by atoms with Crippen LogP contribution >= 0.6 is 11.6 Å². The highest BCUT2D eigenvalue weighted by Gasteiger charge is 2.10. The van der Waals surface area contributed by atoms with Crippen LogP contribution in [0.4, 0.5) is 5.69 Å². The first-order valence-corrected chi connectivity index (χ1v) is 3.76. The van der Waals surface area contributed by atoms with Crippen LogP contribution in [0, 0.1) is 16.2 Å². The van der Waals surface area contributed by atoms with Crippen molar-refractivity contribution in [1.29, 1.82) is 0 Å². The van der Waals surface area contributed by atoms with Crippen molar-refractivity contribution in [2.75, 3.05) is 0 Å². The van der Waals surface area contributed by atoms with Crippen molar-refractivity contribution in [3.05, 3.63) is 33.5 Å². The number of fused-ring (bicyclic) bond motifs is 1. The van der Waals surface area contributed by atoms with Crippen LogP contribution in [-0.4, -0.2) is 15.1 Å². The van der Waals surface area contributed by atoms with Crippen LogP contribution in [0.3, 0.4) is 0 Å². The van der Waals surface area contributed by atoms with E-state index in [1.807, 2.05) is 0 Å². The molecule has 2 rings (SSSR count). The van der Waals surface area contributed by atoms with Gasteiger partial charge < -0.3 is 0 Å². The van der Waals surface area contributed by atoms with Crippen molar-refractivity contribution in [1.82, 2.24) is 10.2 Å². The summed E-state index contributed by atoms with van der Waals surface area (Å²) in [4.78, 5) is 9.85. The molecule has 1 N–H and O–H groups in total. The molecule has 2 aromatic rings. The fourth-order valence-electron chi connectivity index (χ4n) is 1.01. The van der Waals surface area contributed by atoms with Gasteiger partial charge in [-0.2, -0.15) is 5.10 Å². The smallest absolute Gasteiger partial charge is 0.276 e. The van der Waals surface area contributed by atoms with Gasteiger partial charge in [-0.15, -0.1) is 0 Å². The van der Waals surface area contributed by atoms with Gasteiger partial charge in [-0.3, -0.25) is 15.2 Å². The van der Waals surface area contributed by atoms with E-state index in [4.69, 9.17) is 11.6 Å². The van der Waals surface area contributed by atoms with Gasteiger partial charge >= 0.3 is 0 Å². The summed E-state index contributed by atoms with van der Waals surface area (Å²) >= 11 is 5.65. The first kappa shape index (κ1) is 8.00. The number of nitrogens with one attached hydrogen (secondary N) is 1. The molecule has 0 amide bonds. The second-order valence-electron chi connectivity index (χ2n) is 2.40. The number of benzene rings is 1. The molecular formula is C7H3ClN3O2. The molecule has 65 valence electrons. The molecule has 0 unspecified atom stereocenters. The number of nitro groups is 1. The summed E-state index contributed by atoms with van der Waals surface area (Å²) in [5.41, 5.74) is 0.520. The molecule has 0 saturated carbocycles. The van der Waals surface area contributed by atoms with E-state index in [2.05, 4.69) is 16.3 Å². The standard InChI is InChI=1S/C7H3ClN3O2/c8-7-5-3-4(11(12)13)1-2-6(5)9-10-7/h1-2H,(H,9,10). The van der Waals surface area contributed by atoms with Gasteiger partial charge in [0.25, 0.3) is 5.69 Å². The largest absolute Gasteiger partial charge is 0.278 e. The molecule has 1 heterocycles. The minimum absolute atomic E-state index is 0.115. The predicted octanol–water partition coefficient (Wildman–Crippen LogP) is 1.92. The molecule has 0 atom stereocenters. The summed E-state index contributed by atoms with van der Waals surface area (Å²) in [7, 11) is 0. The Labute approximate surface area is 77.5 Å². The molecule has 5 nitrogen and oxygen atoms in total. The van der Waals surface area contributed by atoms with Crippen molar-refractivity contribution < 1.29 is 4.92 Å². The Morgan fingerprint density at radius 2 is 2.38 bits per heavy atom. The van der Waals surface area contributed by atoms with E-state index in [1.54, 1.807) is 6.07 Å². The van der Waals surface area contributed by atoms with Crippen molar-refractivity contribution in [2.24, 2.45) is 0 Å². The van der Waals surface area contributed by atoms with Crippen molar-refractivity contribution in [3.63, 3.8) is 0 Å². The Balaban J connectivity index is 2.72. The molecular weight excluding hydrogens is 194 g/mol. The fourth-order valence-corrected chi connectivity index (χ4v) is 1.20. The molecule has 0 aliphatic carbocycles. The number of rotatable bonds is 1. The van der Waals surface area contributed by atoms with Gasteiger partial charge in [-0.25, -0.2) is 0 Å². The Bertz CT molecular complexity index is 480. The van der Waals surface area contributed by atoms with Crippen LogP contribution < -0.4 is 0 Å². The van der Waals surface area contributed by atoms with Crippen molar-refractivity contribution >= 4 is 28.2 Å². The Hall–Kier alpha value is -1.62. The van der Waals surface area contributed by atoms with E-state index in [1.165, 1.54) is 6.07 Å². The van der Waals surface area contributed by atoms with Gasteiger partial charge in [0.1, 0.15) is 0 Å². The minimum atomic E-state index is -0.525. The molecule has 1 radical (unpaired) electrons. The lowest BCUT2D eigenvalue weighted by Crippen LogP contribution is -1.86. The number of hydrogen-bond donors (Lipinski definition) is 1. The summed E-state index contributed by atoms with van der Waals surface area (Å²) in [6.45, 7) is 0. The molecule has 0 fully saturated rings. The number of non-ortho nitro benzene ring substituents is 1. The van der Waals surface area contributed by atoms with Gasteiger partial charge in [-0.05, 0) is 6.07 Å². The number of halogens is 1. The van der Waals surface area contributed by atoms with Crippen LogP contribution in [0.5, 0.6) is 0 Å². The second-order valence-corrected chi connectivity index (χ2v) is 2.76. The molecule has 0 bridgehead atoms. The predicted molar refractivity (Wildman–Crippen MR) is 46.6 cm³/mol. The molecule has 0 aliphatic rings.